The van der Waals surface area contributed by atoms with E-state index in [4.69, 9.17) is 0 Å². The van der Waals surface area contributed by atoms with Gasteiger partial charge in [-0.3, -0.25) is 4.68 Å². The first kappa shape index (κ1) is 16.4. The van der Waals surface area contributed by atoms with Crippen molar-refractivity contribution in [3.8, 4) is 11.3 Å². The summed E-state index contributed by atoms with van der Waals surface area (Å²) < 4.78 is 42.2. The third-order valence-corrected chi connectivity index (χ3v) is 4.91. The highest BCUT2D eigenvalue weighted by Gasteiger charge is 2.22. The molecule has 5 nitrogen and oxygen atoms in total. The number of nitrogens with zero attached hydrogens (tertiary/aromatic N) is 2. The number of hydrogen-bond acceptors (Lipinski definition) is 3. The van der Waals surface area contributed by atoms with Gasteiger partial charge in [0.05, 0.1) is 0 Å². The first-order chi connectivity index (χ1) is 11.5. The van der Waals surface area contributed by atoms with Crippen LogP contribution in [0.1, 0.15) is 5.56 Å². The fourth-order valence-electron chi connectivity index (χ4n) is 2.32. The standard InChI is InChI=1S/C17H16FN3O2S/c1-21-12-16(17(20-21)14-5-3-2-4-6-14)24(22,23)19-11-13-7-9-15(18)10-8-13/h2-10,12,19H,11H2,1H3. The van der Waals surface area contributed by atoms with Crippen molar-refractivity contribution in [3.63, 3.8) is 0 Å². The molecule has 2 aromatic carbocycles. The highest BCUT2D eigenvalue weighted by molar-refractivity contribution is 7.89. The maximum Gasteiger partial charge on any atom is 0.244 e. The molecule has 1 aromatic heterocycles. The van der Waals surface area contributed by atoms with Gasteiger partial charge in [-0.15, -0.1) is 0 Å². The molecule has 0 fully saturated rings. The van der Waals surface area contributed by atoms with E-state index in [0.29, 0.717) is 11.3 Å². The molecule has 1 N–H and O–H groups in total. The van der Waals surface area contributed by atoms with Crippen LogP contribution in [0.15, 0.2) is 65.7 Å². The number of aromatic nitrogens is 2. The molecule has 0 bridgehead atoms. The zero-order chi connectivity index (χ0) is 17.2. The summed E-state index contributed by atoms with van der Waals surface area (Å²) in [5, 5.41) is 4.26. The molecule has 0 radical (unpaired) electrons. The first-order valence-electron chi connectivity index (χ1n) is 7.29. The molecule has 0 unspecified atom stereocenters. The summed E-state index contributed by atoms with van der Waals surface area (Å²) in [7, 11) is -2.08. The summed E-state index contributed by atoms with van der Waals surface area (Å²) in [6.45, 7) is 0.0751. The molecule has 0 aliphatic heterocycles. The first-order valence-corrected chi connectivity index (χ1v) is 8.77. The van der Waals surface area contributed by atoms with Gasteiger partial charge >= 0.3 is 0 Å². The highest BCUT2D eigenvalue weighted by Crippen LogP contribution is 2.25. The van der Waals surface area contributed by atoms with Crippen LogP contribution >= 0.6 is 0 Å². The number of hydrogen-bond donors (Lipinski definition) is 1. The average molecular weight is 345 g/mol. The van der Waals surface area contributed by atoms with Crippen molar-refractivity contribution in [1.29, 1.82) is 0 Å². The molecule has 0 saturated carbocycles. The van der Waals surface area contributed by atoms with Crippen LogP contribution in [0.5, 0.6) is 0 Å². The Kier molecular flexibility index (Phi) is 4.46. The Morgan fingerprint density at radius 2 is 1.75 bits per heavy atom. The third kappa shape index (κ3) is 3.52. The van der Waals surface area contributed by atoms with Crippen LogP contribution in [0, 0.1) is 5.82 Å². The lowest BCUT2D eigenvalue weighted by Gasteiger charge is -2.07. The maximum atomic E-state index is 12.9. The predicted octanol–water partition coefficient (Wildman–Crippen LogP) is 2.70. The lowest BCUT2D eigenvalue weighted by atomic mass is 10.2. The van der Waals surface area contributed by atoms with Gasteiger partial charge in [0, 0.05) is 25.4 Å². The molecule has 24 heavy (non-hydrogen) atoms. The van der Waals surface area contributed by atoms with Gasteiger partial charge in [0.2, 0.25) is 10.0 Å². The van der Waals surface area contributed by atoms with Gasteiger partial charge in [0.15, 0.2) is 0 Å². The smallest absolute Gasteiger partial charge is 0.244 e. The summed E-state index contributed by atoms with van der Waals surface area (Å²) in [6, 6.07) is 14.8. The molecule has 0 saturated heterocycles. The van der Waals surface area contributed by atoms with E-state index in [-0.39, 0.29) is 17.3 Å². The topological polar surface area (TPSA) is 64.0 Å². The lowest BCUT2D eigenvalue weighted by Crippen LogP contribution is -2.23. The minimum Gasteiger partial charge on any atom is -0.274 e. The summed E-state index contributed by atoms with van der Waals surface area (Å²) >= 11 is 0. The molecule has 0 spiro atoms. The second-order valence-corrected chi connectivity index (χ2v) is 7.07. The van der Waals surface area contributed by atoms with E-state index in [1.165, 1.54) is 23.0 Å². The summed E-state index contributed by atoms with van der Waals surface area (Å²) in [6.07, 6.45) is 1.47. The lowest BCUT2D eigenvalue weighted by molar-refractivity contribution is 0.581. The summed E-state index contributed by atoms with van der Waals surface area (Å²) in [5.41, 5.74) is 1.79. The minimum atomic E-state index is -3.75. The average Bonchev–Trinajstić information content (AvgIpc) is 2.98. The number of rotatable bonds is 5. The second kappa shape index (κ2) is 6.54. The summed E-state index contributed by atoms with van der Waals surface area (Å²) in [5.74, 6) is -0.361. The third-order valence-electron chi connectivity index (χ3n) is 3.51. The Morgan fingerprint density at radius 1 is 1.08 bits per heavy atom. The monoisotopic (exact) mass is 345 g/mol. The SMILES string of the molecule is Cn1cc(S(=O)(=O)NCc2ccc(F)cc2)c(-c2ccccc2)n1. The number of halogens is 1. The van der Waals surface area contributed by atoms with E-state index in [1.807, 2.05) is 18.2 Å². The summed E-state index contributed by atoms with van der Waals surface area (Å²) in [4.78, 5) is 0.110. The van der Waals surface area contributed by atoms with Crippen LogP contribution in [0.2, 0.25) is 0 Å². The van der Waals surface area contributed by atoms with E-state index in [0.717, 1.165) is 5.56 Å². The van der Waals surface area contributed by atoms with Crippen LogP contribution in [0.3, 0.4) is 0 Å². The Balaban J connectivity index is 1.89. The van der Waals surface area contributed by atoms with Gasteiger partial charge in [-0.1, -0.05) is 42.5 Å². The largest absolute Gasteiger partial charge is 0.274 e. The molecule has 124 valence electrons. The van der Waals surface area contributed by atoms with Crippen LogP contribution in [0.25, 0.3) is 11.3 Å². The van der Waals surface area contributed by atoms with Gasteiger partial charge in [-0.2, -0.15) is 5.10 Å². The zero-order valence-electron chi connectivity index (χ0n) is 13.0. The molecule has 1 heterocycles. The Bertz CT molecular complexity index is 936. The fourth-order valence-corrected chi connectivity index (χ4v) is 3.53. The van der Waals surface area contributed by atoms with E-state index >= 15 is 0 Å². The van der Waals surface area contributed by atoms with Crippen molar-refractivity contribution < 1.29 is 12.8 Å². The van der Waals surface area contributed by atoms with Gasteiger partial charge < -0.3 is 0 Å². The number of benzene rings is 2. The van der Waals surface area contributed by atoms with E-state index < -0.39 is 10.0 Å². The molecular formula is C17H16FN3O2S. The van der Waals surface area contributed by atoms with Crippen molar-refractivity contribution in [2.75, 3.05) is 0 Å². The predicted molar refractivity (Wildman–Crippen MR) is 89.1 cm³/mol. The van der Waals surface area contributed by atoms with Crippen LogP contribution < -0.4 is 4.72 Å². The van der Waals surface area contributed by atoms with E-state index in [2.05, 4.69) is 9.82 Å². The van der Waals surface area contributed by atoms with Crippen LogP contribution in [-0.2, 0) is 23.6 Å². The Labute approximate surface area is 139 Å². The van der Waals surface area contributed by atoms with Crippen molar-refractivity contribution in [1.82, 2.24) is 14.5 Å². The molecule has 3 rings (SSSR count). The van der Waals surface area contributed by atoms with Crippen molar-refractivity contribution in [3.05, 3.63) is 72.2 Å². The molecule has 0 amide bonds. The van der Waals surface area contributed by atoms with E-state index in [1.54, 1.807) is 31.3 Å². The second-order valence-electron chi connectivity index (χ2n) is 5.33. The molecular weight excluding hydrogens is 329 g/mol. The molecule has 0 atom stereocenters. The van der Waals surface area contributed by atoms with Gasteiger partial charge in [-0.05, 0) is 17.7 Å². The Morgan fingerprint density at radius 3 is 2.42 bits per heavy atom. The Hall–Kier alpha value is -2.51. The minimum absolute atomic E-state index is 0.0751. The maximum absolute atomic E-state index is 12.9. The van der Waals surface area contributed by atoms with Crippen LogP contribution in [-0.4, -0.2) is 18.2 Å². The molecule has 0 aliphatic carbocycles. The van der Waals surface area contributed by atoms with Crippen LogP contribution in [0.4, 0.5) is 4.39 Å². The number of sulfonamides is 1. The van der Waals surface area contributed by atoms with Gasteiger partial charge in [0.25, 0.3) is 0 Å². The van der Waals surface area contributed by atoms with Gasteiger partial charge in [-0.25, -0.2) is 17.5 Å². The van der Waals surface area contributed by atoms with Crippen molar-refractivity contribution in [2.24, 2.45) is 7.05 Å². The molecule has 3 aromatic rings. The van der Waals surface area contributed by atoms with E-state index in [9.17, 15) is 12.8 Å². The normalized spacial score (nSPS) is 11.6. The number of nitrogens with one attached hydrogen (secondary N) is 1. The van der Waals surface area contributed by atoms with Crippen molar-refractivity contribution >= 4 is 10.0 Å². The quantitative estimate of drug-likeness (QED) is 0.773. The molecule has 0 aliphatic rings. The van der Waals surface area contributed by atoms with Crippen molar-refractivity contribution in [2.45, 2.75) is 11.4 Å². The molecule has 7 heteroatoms. The van der Waals surface area contributed by atoms with Gasteiger partial charge in [0.1, 0.15) is 16.4 Å². The number of aryl methyl sites for hydroxylation is 1. The zero-order valence-corrected chi connectivity index (χ0v) is 13.8. The highest BCUT2D eigenvalue weighted by atomic mass is 32.2. The fraction of sp³-hybridized carbons (Fsp3) is 0.118.